The lowest BCUT2D eigenvalue weighted by Gasteiger charge is -2.28. The Labute approximate surface area is 236 Å². The third kappa shape index (κ3) is 17.5. The number of carboxylic acids is 1. The molecule has 0 aliphatic heterocycles. The predicted octanol–water partition coefficient (Wildman–Crippen LogP) is 2.03. The van der Waals surface area contributed by atoms with Crippen molar-refractivity contribution in [3.8, 4) is 0 Å². The SMILES string of the molecule is CCOC(=O)[C@H](C)NP(=O)(CC(CCC(=O)O)C(=O)OCOC(=O)OC(C)C)N[C@@H](C)C(=O)OCC.S.S. The van der Waals surface area contributed by atoms with Crippen LogP contribution in [-0.2, 0) is 47.4 Å². The summed E-state index contributed by atoms with van der Waals surface area (Å²) < 4.78 is 37.9. The molecule has 0 heterocycles. The quantitative estimate of drug-likeness (QED) is 0.0940. The van der Waals surface area contributed by atoms with Crippen LogP contribution in [0.25, 0.3) is 0 Å². The number of carbonyl (C=O) groups is 5. The monoisotopic (exact) mass is 608 g/mol. The van der Waals surface area contributed by atoms with Gasteiger partial charge in [0.2, 0.25) is 14.2 Å². The number of hydrogen-bond acceptors (Lipinski definition) is 11. The molecular weight excluding hydrogens is 567 g/mol. The first-order chi connectivity index (χ1) is 16.7. The van der Waals surface area contributed by atoms with E-state index in [2.05, 4.69) is 14.9 Å². The van der Waals surface area contributed by atoms with E-state index in [0.29, 0.717) is 0 Å². The first kappa shape index (κ1) is 40.5. The van der Waals surface area contributed by atoms with Crippen molar-refractivity contribution in [2.45, 2.75) is 72.6 Å². The number of hydrogen-bond donors (Lipinski definition) is 3. The van der Waals surface area contributed by atoms with Crippen LogP contribution in [0.4, 0.5) is 4.79 Å². The molecule has 0 spiro atoms. The van der Waals surface area contributed by atoms with Gasteiger partial charge in [-0.25, -0.2) is 15.0 Å². The number of carboxylic acid groups (broad SMARTS) is 1. The summed E-state index contributed by atoms with van der Waals surface area (Å²) in [6, 6.07) is -2.22. The maximum atomic E-state index is 13.8. The molecule has 0 aliphatic carbocycles. The molecule has 224 valence electrons. The Morgan fingerprint density at radius 3 is 1.66 bits per heavy atom. The highest BCUT2D eigenvalue weighted by molar-refractivity contribution is 7.60. The second-order valence-corrected chi connectivity index (χ2v) is 10.3. The van der Waals surface area contributed by atoms with Gasteiger partial charge < -0.3 is 28.8 Å². The average molecular weight is 609 g/mol. The van der Waals surface area contributed by atoms with Crippen molar-refractivity contribution < 1.29 is 57.3 Å². The third-order valence-corrected chi connectivity index (χ3v) is 6.88. The minimum atomic E-state index is -3.95. The molecule has 0 bridgehead atoms. The van der Waals surface area contributed by atoms with Crippen LogP contribution in [-0.4, -0.2) is 79.5 Å². The molecule has 0 aromatic rings. The molecule has 0 aliphatic rings. The maximum Gasteiger partial charge on any atom is 0.511 e. The van der Waals surface area contributed by atoms with Gasteiger partial charge in [-0.15, -0.1) is 0 Å². The summed E-state index contributed by atoms with van der Waals surface area (Å²) in [7, 11) is -3.95. The standard InChI is InChI=1S/C21H37N2O12P.2H2S/c1-7-31-18(26)14(5)22-36(30,23-15(6)19(27)32-8-2)11-16(9-10-17(24)25)20(28)33-12-34-21(29)35-13(3)4;;/h13-16H,7-12H2,1-6H3,(H,24,25)(H2,22,23,30);2*1H2/t14-,15-,16?;;/m0../s1. The molecule has 0 amide bonds. The molecule has 3 atom stereocenters. The van der Waals surface area contributed by atoms with Crippen molar-refractivity contribution in [2.75, 3.05) is 26.2 Å². The second-order valence-electron chi connectivity index (χ2n) is 7.90. The summed E-state index contributed by atoms with van der Waals surface area (Å²) in [5, 5.41) is 14.2. The Kier molecular flexibility index (Phi) is 22.3. The van der Waals surface area contributed by atoms with E-state index in [1.165, 1.54) is 13.8 Å². The Hall–Kier alpha value is -2.00. The molecule has 0 rings (SSSR count). The van der Waals surface area contributed by atoms with Gasteiger partial charge in [-0.2, -0.15) is 27.0 Å². The van der Waals surface area contributed by atoms with E-state index in [1.807, 2.05) is 0 Å². The number of esters is 3. The molecule has 0 fully saturated rings. The normalized spacial score (nSPS) is 13.0. The van der Waals surface area contributed by atoms with Gasteiger partial charge >= 0.3 is 30.0 Å². The fraction of sp³-hybridized carbons (Fsp3) is 0.762. The molecule has 1 unspecified atom stereocenters. The van der Waals surface area contributed by atoms with Gasteiger partial charge in [-0.05, 0) is 48.0 Å². The number of nitrogens with one attached hydrogen (secondary N) is 2. The molecule has 0 saturated carbocycles. The number of ether oxygens (including phenoxy) is 5. The molecule has 38 heavy (non-hydrogen) atoms. The molecule has 3 N–H and O–H groups in total. The Morgan fingerprint density at radius 2 is 1.26 bits per heavy atom. The largest absolute Gasteiger partial charge is 0.511 e. The van der Waals surface area contributed by atoms with Crippen LogP contribution in [0.5, 0.6) is 0 Å². The Balaban J connectivity index is -0.00000612. The highest BCUT2D eigenvalue weighted by Crippen LogP contribution is 2.41. The topological polar surface area (TPSA) is 193 Å². The molecule has 0 radical (unpaired) electrons. The van der Waals surface area contributed by atoms with E-state index in [-0.39, 0.29) is 46.6 Å². The van der Waals surface area contributed by atoms with E-state index in [9.17, 15) is 28.5 Å². The number of carbonyl (C=O) groups excluding carboxylic acids is 4. The van der Waals surface area contributed by atoms with Crippen LogP contribution in [0.3, 0.4) is 0 Å². The maximum absolute atomic E-state index is 13.8. The summed E-state index contributed by atoms with van der Waals surface area (Å²) in [4.78, 5) is 59.5. The van der Waals surface area contributed by atoms with Crippen molar-refractivity contribution in [2.24, 2.45) is 5.92 Å². The molecule has 0 saturated heterocycles. The van der Waals surface area contributed by atoms with Crippen LogP contribution >= 0.6 is 34.4 Å². The average Bonchev–Trinajstić information content (AvgIpc) is 2.75. The lowest BCUT2D eigenvalue weighted by Crippen LogP contribution is -2.44. The lowest BCUT2D eigenvalue weighted by atomic mass is 10.1. The first-order valence-electron chi connectivity index (χ1n) is 11.4. The van der Waals surface area contributed by atoms with Gasteiger partial charge in [0.25, 0.3) is 0 Å². The van der Waals surface area contributed by atoms with E-state index in [4.69, 9.17) is 24.1 Å². The van der Waals surface area contributed by atoms with E-state index in [1.54, 1.807) is 27.7 Å². The van der Waals surface area contributed by atoms with Crippen LogP contribution in [0.1, 0.15) is 54.4 Å². The fourth-order valence-electron chi connectivity index (χ4n) is 2.78. The second kappa shape index (κ2) is 20.9. The first-order valence-corrected chi connectivity index (χ1v) is 13.3. The predicted molar refractivity (Wildman–Crippen MR) is 146 cm³/mol. The third-order valence-electron chi connectivity index (χ3n) is 4.31. The van der Waals surface area contributed by atoms with Crippen LogP contribution in [0.2, 0.25) is 0 Å². The van der Waals surface area contributed by atoms with Crippen molar-refractivity contribution in [3.63, 3.8) is 0 Å². The zero-order chi connectivity index (χ0) is 27.9. The van der Waals surface area contributed by atoms with Crippen molar-refractivity contribution >= 4 is 64.5 Å². The molecule has 0 aromatic carbocycles. The molecule has 0 aromatic heterocycles. The zero-order valence-corrected chi connectivity index (χ0v) is 25.3. The minimum Gasteiger partial charge on any atom is -0.481 e. The van der Waals surface area contributed by atoms with E-state index in [0.717, 1.165) is 0 Å². The smallest absolute Gasteiger partial charge is 0.481 e. The molecule has 17 heteroatoms. The van der Waals surface area contributed by atoms with Gasteiger partial charge in [-0.1, -0.05) is 0 Å². The summed E-state index contributed by atoms with van der Waals surface area (Å²) in [5.74, 6) is -4.97. The van der Waals surface area contributed by atoms with E-state index >= 15 is 0 Å². The summed E-state index contributed by atoms with van der Waals surface area (Å²) in [6.45, 7) is 8.40. The summed E-state index contributed by atoms with van der Waals surface area (Å²) in [5.41, 5.74) is 0. The molecular formula is C21H41N2O12PS2. The van der Waals surface area contributed by atoms with E-state index < -0.39 is 81.0 Å². The number of aliphatic carboxylic acids is 1. The molecule has 14 nitrogen and oxygen atoms in total. The Bertz CT molecular complexity index is 785. The highest BCUT2D eigenvalue weighted by atomic mass is 32.1. The van der Waals surface area contributed by atoms with Crippen LogP contribution in [0.15, 0.2) is 0 Å². The summed E-state index contributed by atoms with van der Waals surface area (Å²) >= 11 is 0. The zero-order valence-electron chi connectivity index (χ0n) is 22.4. The van der Waals surface area contributed by atoms with Crippen molar-refractivity contribution in [1.29, 1.82) is 0 Å². The van der Waals surface area contributed by atoms with Gasteiger partial charge in [0.1, 0.15) is 12.1 Å². The highest BCUT2D eigenvalue weighted by Gasteiger charge is 2.37. The van der Waals surface area contributed by atoms with Crippen molar-refractivity contribution in [1.82, 2.24) is 10.2 Å². The van der Waals surface area contributed by atoms with Crippen LogP contribution < -0.4 is 10.2 Å². The van der Waals surface area contributed by atoms with Crippen LogP contribution in [0, 0.1) is 5.92 Å². The van der Waals surface area contributed by atoms with Gasteiger partial charge in [0.15, 0.2) is 0 Å². The van der Waals surface area contributed by atoms with Gasteiger partial charge in [0.05, 0.1) is 25.2 Å². The minimum absolute atomic E-state index is 0. The van der Waals surface area contributed by atoms with Gasteiger partial charge in [0, 0.05) is 12.6 Å². The van der Waals surface area contributed by atoms with Gasteiger partial charge in [-0.3, -0.25) is 23.7 Å². The number of rotatable bonds is 17. The van der Waals surface area contributed by atoms with Crippen molar-refractivity contribution in [3.05, 3.63) is 0 Å². The fourth-order valence-corrected chi connectivity index (χ4v) is 5.48. The lowest BCUT2D eigenvalue weighted by molar-refractivity contribution is -0.158. The summed E-state index contributed by atoms with van der Waals surface area (Å²) in [6.07, 6.45) is -2.86. The Morgan fingerprint density at radius 1 is 0.789 bits per heavy atom.